The lowest BCUT2D eigenvalue weighted by atomic mass is 9.96. The zero-order chi connectivity index (χ0) is 22.0. The molecular formula is C22H37NO5S. The Bertz CT molecular complexity index is 748. The second-order valence-corrected chi connectivity index (χ2v) is 9.25. The molecule has 7 heteroatoms. The quantitative estimate of drug-likeness (QED) is 0.424. The van der Waals surface area contributed by atoms with Crippen LogP contribution in [-0.2, 0) is 21.5 Å². The molecule has 2 atom stereocenters. The van der Waals surface area contributed by atoms with Crippen LogP contribution in [0, 0.1) is 5.92 Å². The highest BCUT2D eigenvalue weighted by atomic mass is 32.2. The van der Waals surface area contributed by atoms with E-state index in [2.05, 4.69) is 20.8 Å². The van der Waals surface area contributed by atoms with E-state index < -0.39 is 10.1 Å². The Hall–Kier alpha value is -1.76. The lowest BCUT2D eigenvalue weighted by molar-refractivity contribution is -0.138. The van der Waals surface area contributed by atoms with Crippen LogP contribution in [0.1, 0.15) is 72.3 Å². The number of unbranched alkanes of at least 4 members (excludes halogenated alkanes) is 1. The predicted octanol–water partition coefficient (Wildman–Crippen LogP) is 4.77. The van der Waals surface area contributed by atoms with Gasteiger partial charge in [0, 0.05) is 18.5 Å². The van der Waals surface area contributed by atoms with Crippen LogP contribution in [0.2, 0.25) is 0 Å². The highest BCUT2D eigenvalue weighted by molar-refractivity contribution is 7.87. The van der Waals surface area contributed by atoms with Crippen molar-refractivity contribution < 1.29 is 22.1 Å². The molecule has 0 aromatic heterocycles. The molecule has 1 amide bonds. The third kappa shape index (κ3) is 7.53. The van der Waals surface area contributed by atoms with E-state index in [0.29, 0.717) is 12.3 Å². The van der Waals surface area contributed by atoms with E-state index in [1.54, 1.807) is 12.1 Å². The van der Waals surface area contributed by atoms with Crippen molar-refractivity contribution in [3.63, 3.8) is 0 Å². The third-order valence-corrected chi connectivity index (χ3v) is 6.45. The van der Waals surface area contributed by atoms with Gasteiger partial charge in [0.05, 0.1) is 12.9 Å². The molecule has 6 nitrogen and oxygen atoms in total. The molecule has 166 valence electrons. The molecule has 0 heterocycles. The molecule has 0 fully saturated rings. The maximum Gasteiger partial charge on any atom is 0.309 e. The number of amides is 1. The van der Waals surface area contributed by atoms with Crippen molar-refractivity contribution in [3.8, 4) is 11.5 Å². The van der Waals surface area contributed by atoms with E-state index in [0.717, 1.165) is 37.7 Å². The SMILES string of the molecule is CCCC[C@H](CC)C(=O)N(Cc1ccc(OC)c(OS(=O)(=O)CC)c1)[C@@H](C)CC. The van der Waals surface area contributed by atoms with Crippen molar-refractivity contribution in [1.82, 2.24) is 4.90 Å². The molecule has 1 aromatic rings. The summed E-state index contributed by atoms with van der Waals surface area (Å²) in [5.41, 5.74) is 0.811. The Labute approximate surface area is 176 Å². The summed E-state index contributed by atoms with van der Waals surface area (Å²) in [5, 5.41) is 0. The molecule has 0 aliphatic rings. The number of nitrogens with zero attached hydrogens (tertiary/aromatic N) is 1. The minimum Gasteiger partial charge on any atom is -0.493 e. The largest absolute Gasteiger partial charge is 0.493 e. The fraction of sp³-hybridized carbons (Fsp3) is 0.682. The van der Waals surface area contributed by atoms with Crippen LogP contribution in [-0.4, -0.2) is 38.1 Å². The average molecular weight is 428 g/mol. The number of rotatable bonds is 13. The summed E-state index contributed by atoms with van der Waals surface area (Å²) in [6.45, 7) is 10.2. The Morgan fingerprint density at radius 2 is 1.79 bits per heavy atom. The van der Waals surface area contributed by atoms with Gasteiger partial charge >= 0.3 is 10.1 Å². The van der Waals surface area contributed by atoms with E-state index in [4.69, 9.17) is 8.92 Å². The summed E-state index contributed by atoms with van der Waals surface area (Å²) in [6.07, 6.45) is 4.66. The Morgan fingerprint density at radius 3 is 2.31 bits per heavy atom. The standard InChI is InChI=1S/C22H37NO5S/c1-7-11-12-19(9-3)22(24)23(17(5)8-2)16-18-13-14-20(27-6)21(15-18)28-29(25,26)10-4/h13-15,17,19H,7-12,16H2,1-6H3/t17-,19-/m0/s1. The van der Waals surface area contributed by atoms with Gasteiger partial charge in [-0.25, -0.2) is 0 Å². The smallest absolute Gasteiger partial charge is 0.309 e. The zero-order valence-electron chi connectivity index (χ0n) is 18.7. The Morgan fingerprint density at radius 1 is 1.10 bits per heavy atom. The fourth-order valence-corrected chi connectivity index (χ4v) is 3.66. The van der Waals surface area contributed by atoms with E-state index in [1.165, 1.54) is 14.0 Å². The first-order valence-corrected chi connectivity index (χ1v) is 12.2. The molecule has 0 N–H and O–H groups in total. The summed E-state index contributed by atoms with van der Waals surface area (Å²) < 4.78 is 34.3. The van der Waals surface area contributed by atoms with Gasteiger partial charge in [0.2, 0.25) is 5.91 Å². The highest BCUT2D eigenvalue weighted by Gasteiger charge is 2.26. The normalized spacial score (nSPS) is 13.6. The van der Waals surface area contributed by atoms with Gasteiger partial charge in [-0.15, -0.1) is 0 Å². The van der Waals surface area contributed by atoms with Crippen LogP contribution in [0.4, 0.5) is 0 Å². The minimum atomic E-state index is -3.68. The topological polar surface area (TPSA) is 72.9 Å². The first-order valence-electron chi connectivity index (χ1n) is 10.6. The molecule has 0 bridgehead atoms. The van der Waals surface area contributed by atoms with Crippen LogP contribution in [0.25, 0.3) is 0 Å². The number of carbonyl (C=O) groups is 1. The Kier molecular flexibility index (Phi) is 10.5. The van der Waals surface area contributed by atoms with Crippen molar-refractivity contribution in [2.75, 3.05) is 12.9 Å². The number of hydrogen-bond donors (Lipinski definition) is 0. The molecule has 0 spiro atoms. The highest BCUT2D eigenvalue weighted by Crippen LogP contribution is 2.31. The van der Waals surface area contributed by atoms with Crippen molar-refractivity contribution in [2.24, 2.45) is 5.92 Å². The van der Waals surface area contributed by atoms with Gasteiger partial charge in [-0.05, 0) is 50.8 Å². The summed E-state index contributed by atoms with van der Waals surface area (Å²) >= 11 is 0. The van der Waals surface area contributed by atoms with E-state index in [1.807, 2.05) is 17.9 Å². The summed E-state index contributed by atoms with van der Waals surface area (Å²) in [6, 6.07) is 5.27. The maximum atomic E-state index is 13.2. The number of ether oxygens (including phenoxy) is 1. The van der Waals surface area contributed by atoms with Crippen LogP contribution in [0.5, 0.6) is 11.5 Å². The number of benzene rings is 1. The number of hydrogen-bond acceptors (Lipinski definition) is 5. The van der Waals surface area contributed by atoms with Crippen molar-refractivity contribution in [2.45, 2.75) is 79.3 Å². The van der Waals surface area contributed by atoms with E-state index in [-0.39, 0.29) is 29.4 Å². The van der Waals surface area contributed by atoms with Crippen molar-refractivity contribution >= 4 is 16.0 Å². The van der Waals surface area contributed by atoms with Crippen LogP contribution in [0.15, 0.2) is 18.2 Å². The minimum absolute atomic E-state index is 0.0124. The van der Waals surface area contributed by atoms with Gasteiger partial charge in [0.25, 0.3) is 0 Å². The second-order valence-electron chi connectivity index (χ2n) is 7.39. The lowest BCUT2D eigenvalue weighted by Gasteiger charge is -2.32. The van der Waals surface area contributed by atoms with Crippen LogP contribution in [0.3, 0.4) is 0 Å². The van der Waals surface area contributed by atoms with Gasteiger partial charge in [-0.2, -0.15) is 8.42 Å². The molecule has 0 unspecified atom stereocenters. The van der Waals surface area contributed by atoms with Crippen molar-refractivity contribution in [1.29, 1.82) is 0 Å². The van der Waals surface area contributed by atoms with Crippen molar-refractivity contribution in [3.05, 3.63) is 23.8 Å². The van der Waals surface area contributed by atoms with Gasteiger partial charge < -0.3 is 13.8 Å². The van der Waals surface area contributed by atoms with E-state index in [9.17, 15) is 13.2 Å². The molecule has 0 saturated carbocycles. The molecule has 29 heavy (non-hydrogen) atoms. The first kappa shape index (κ1) is 25.3. The fourth-order valence-electron chi connectivity index (χ4n) is 3.14. The average Bonchev–Trinajstić information content (AvgIpc) is 2.71. The summed E-state index contributed by atoms with van der Waals surface area (Å²) in [4.78, 5) is 15.1. The van der Waals surface area contributed by atoms with Gasteiger partial charge in [0.15, 0.2) is 11.5 Å². The molecule has 1 aromatic carbocycles. The van der Waals surface area contributed by atoms with Gasteiger partial charge in [-0.3, -0.25) is 4.79 Å². The molecule has 0 aliphatic heterocycles. The predicted molar refractivity (Wildman–Crippen MR) is 117 cm³/mol. The van der Waals surface area contributed by atoms with Gasteiger partial charge in [-0.1, -0.05) is 39.7 Å². The molecule has 0 saturated heterocycles. The molecule has 0 aliphatic carbocycles. The summed E-state index contributed by atoms with van der Waals surface area (Å²) in [7, 11) is -2.21. The Balaban J connectivity index is 3.17. The third-order valence-electron chi connectivity index (χ3n) is 5.31. The number of methoxy groups -OCH3 is 1. The molecule has 0 radical (unpaired) electrons. The summed E-state index contributed by atoms with van der Waals surface area (Å²) in [5.74, 6) is 0.546. The second kappa shape index (κ2) is 12.1. The monoisotopic (exact) mass is 427 g/mol. The first-order chi connectivity index (χ1) is 13.7. The van der Waals surface area contributed by atoms with Crippen LogP contribution < -0.4 is 8.92 Å². The maximum absolute atomic E-state index is 13.2. The number of carbonyl (C=O) groups excluding carboxylic acids is 1. The lowest BCUT2D eigenvalue weighted by Crippen LogP contribution is -2.41. The zero-order valence-corrected chi connectivity index (χ0v) is 19.5. The van der Waals surface area contributed by atoms with Crippen LogP contribution >= 0.6 is 0 Å². The van der Waals surface area contributed by atoms with E-state index >= 15 is 0 Å². The molecular weight excluding hydrogens is 390 g/mol. The molecule has 1 rings (SSSR count). The van der Waals surface area contributed by atoms with Gasteiger partial charge in [0.1, 0.15) is 0 Å².